The summed E-state index contributed by atoms with van der Waals surface area (Å²) in [6.45, 7) is 0.200. The van der Waals surface area contributed by atoms with Gasteiger partial charge in [0.1, 0.15) is 24.5 Å². The average molecular weight is 338 g/mol. The largest absolute Gasteiger partial charge is 0.348 e. The fourth-order valence-corrected chi connectivity index (χ4v) is 2.86. The van der Waals surface area contributed by atoms with Crippen molar-refractivity contribution in [3.8, 4) is 11.5 Å². The third-order valence-electron chi connectivity index (χ3n) is 4.00. The molecule has 4 rings (SSSR count). The SMILES string of the molecule is O=C1NCc2cccc(Nc3cccc(-c4nncn4CCF)n3)c21. The van der Waals surface area contributed by atoms with Gasteiger partial charge in [-0.25, -0.2) is 9.37 Å². The van der Waals surface area contributed by atoms with Gasteiger partial charge in [0.2, 0.25) is 0 Å². The Morgan fingerprint density at radius 2 is 2.12 bits per heavy atom. The van der Waals surface area contributed by atoms with Crippen LogP contribution in [0.4, 0.5) is 15.9 Å². The van der Waals surface area contributed by atoms with Gasteiger partial charge < -0.3 is 15.2 Å². The molecule has 0 fully saturated rings. The molecule has 8 heteroatoms. The normalized spacial score (nSPS) is 12.8. The summed E-state index contributed by atoms with van der Waals surface area (Å²) in [6.07, 6.45) is 1.48. The molecule has 0 saturated carbocycles. The number of fused-ring (bicyclic) bond motifs is 1. The summed E-state index contributed by atoms with van der Waals surface area (Å²) < 4.78 is 14.2. The lowest BCUT2D eigenvalue weighted by Crippen LogP contribution is -2.13. The Labute approximate surface area is 142 Å². The summed E-state index contributed by atoms with van der Waals surface area (Å²) in [5.41, 5.74) is 2.86. The van der Waals surface area contributed by atoms with E-state index in [1.807, 2.05) is 24.3 Å². The zero-order chi connectivity index (χ0) is 17.2. The summed E-state index contributed by atoms with van der Waals surface area (Å²) in [4.78, 5) is 16.5. The molecule has 2 N–H and O–H groups in total. The van der Waals surface area contributed by atoms with Crippen LogP contribution in [0.15, 0.2) is 42.7 Å². The number of alkyl halides is 1. The van der Waals surface area contributed by atoms with Crippen LogP contribution < -0.4 is 10.6 Å². The van der Waals surface area contributed by atoms with Crippen molar-refractivity contribution in [2.45, 2.75) is 13.1 Å². The first-order chi connectivity index (χ1) is 12.3. The minimum atomic E-state index is -0.506. The van der Waals surface area contributed by atoms with E-state index >= 15 is 0 Å². The number of aromatic nitrogens is 4. The van der Waals surface area contributed by atoms with E-state index in [4.69, 9.17) is 0 Å². The molecule has 1 amide bonds. The van der Waals surface area contributed by atoms with Gasteiger partial charge in [-0.05, 0) is 23.8 Å². The van der Waals surface area contributed by atoms with Gasteiger partial charge in [-0.15, -0.1) is 10.2 Å². The minimum Gasteiger partial charge on any atom is -0.348 e. The van der Waals surface area contributed by atoms with Crippen molar-refractivity contribution in [1.82, 2.24) is 25.1 Å². The molecule has 0 aliphatic carbocycles. The number of carbonyl (C=O) groups is 1. The van der Waals surface area contributed by atoms with E-state index in [1.165, 1.54) is 6.33 Å². The first-order valence-electron chi connectivity index (χ1n) is 7.84. The van der Waals surface area contributed by atoms with Gasteiger partial charge in [0.25, 0.3) is 5.91 Å². The highest BCUT2D eigenvalue weighted by atomic mass is 19.1. The van der Waals surface area contributed by atoms with Crippen LogP contribution in [0, 0.1) is 0 Å². The number of rotatable bonds is 5. The van der Waals surface area contributed by atoms with E-state index in [0.29, 0.717) is 35.1 Å². The lowest BCUT2D eigenvalue weighted by atomic mass is 10.1. The highest BCUT2D eigenvalue weighted by Crippen LogP contribution is 2.27. The van der Waals surface area contributed by atoms with Gasteiger partial charge >= 0.3 is 0 Å². The molecule has 7 nitrogen and oxygen atoms in total. The number of nitrogens with zero attached hydrogens (tertiary/aromatic N) is 4. The summed E-state index contributed by atoms with van der Waals surface area (Å²) in [5.74, 6) is 0.967. The number of halogens is 1. The van der Waals surface area contributed by atoms with Crippen LogP contribution >= 0.6 is 0 Å². The summed E-state index contributed by atoms with van der Waals surface area (Å²) >= 11 is 0. The molecule has 126 valence electrons. The molecular formula is C17H15FN6O. The summed E-state index contributed by atoms with van der Waals surface area (Å²) in [5, 5.41) is 13.8. The van der Waals surface area contributed by atoms with Crippen molar-refractivity contribution in [2.75, 3.05) is 12.0 Å². The average Bonchev–Trinajstić information content (AvgIpc) is 3.23. The van der Waals surface area contributed by atoms with Crippen LogP contribution in [0.1, 0.15) is 15.9 Å². The molecule has 1 aromatic carbocycles. The van der Waals surface area contributed by atoms with E-state index in [1.54, 1.807) is 16.7 Å². The Morgan fingerprint density at radius 1 is 1.24 bits per heavy atom. The molecule has 3 heterocycles. The Kier molecular flexibility index (Phi) is 3.85. The zero-order valence-corrected chi connectivity index (χ0v) is 13.2. The highest BCUT2D eigenvalue weighted by molar-refractivity contribution is 6.04. The quantitative estimate of drug-likeness (QED) is 0.746. The van der Waals surface area contributed by atoms with Crippen molar-refractivity contribution < 1.29 is 9.18 Å². The van der Waals surface area contributed by atoms with Gasteiger partial charge in [0, 0.05) is 6.54 Å². The number of aryl methyl sites for hydroxylation is 1. The lowest BCUT2D eigenvalue weighted by molar-refractivity contribution is 0.0966. The van der Waals surface area contributed by atoms with Crippen LogP contribution in [0.25, 0.3) is 11.5 Å². The van der Waals surface area contributed by atoms with Gasteiger partial charge in [0.05, 0.1) is 17.8 Å². The maximum absolute atomic E-state index is 12.6. The predicted molar refractivity (Wildman–Crippen MR) is 90.1 cm³/mol. The van der Waals surface area contributed by atoms with Crippen molar-refractivity contribution in [3.05, 3.63) is 53.9 Å². The molecule has 1 aliphatic rings. The van der Waals surface area contributed by atoms with Gasteiger partial charge in [-0.1, -0.05) is 18.2 Å². The van der Waals surface area contributed by atoms with E-state index in [9.17, 15) is 9.18 Å². The second-order valence-electron chi connectivity index (χ2n) is 5.59. The van der Waals surface area contributed by atoms with Crippen LogP contribution in [0.5, 0.6) is 0 Å². The van der Waals surface area contributed by atoms with E-state index < -0.39 is 6.67 Å². The monoisotopic (exact) mass is 338 g/mol. The highest BCUT2D eigenvalue weighted by Gasteiger charge is 2.22. The second-order valence-corrected chi connectivity index (χ2v) is 5.59. The molecular weight excluding hydrogens is 323 g/mol. The Bertz CT molecular complexity index is 938. The third-order valence-corrected chi connectivity index (χ3v) is 4.00. The van der Waals surface area contributed by atoms with E-state index in [2.05, 4.69) is 25.8 Å². The molecule has 0 unspecified atom stereocenters. The van der Waals surface area contributed by atoms with Crippen LogP contribution in [-0.4, -0.2) is 32.3 Å². The molecule has 0 radical (unpaired) electrons. The molecule has 0 bridgehead atoms. The second kappa shape index (κ2) is 6.31. The smallest absolute Gasteiger partial charge is 0.254 e. The van der Waals surface area contributed by atoms with Crippen molar-refractivity contribution in [1.29, 1.82) is 0 Å². The molecule has 2 aromatic heterocycles. The number of nitrogens with one attached hydrogen (secondary N) is 2. The maximum atomic E-state index is 12.6. The fraction of sp³-hybridized carbons (Fsp3) is 0.176. The predicted octanol–water partition coefficient (Wildman–Crippen LogP) is 2.30. The standard InChI is InChI=1S/C17H15FN6O/c18-7-8-24-10-20-23-16(24)13-5-2-6-14(22-13)21-12-4-1-3-11-9-19-17(25)15(11)12/h1-6,10H,7-9H2,(H,19,25)(H,21,22). The van der Waals surface area contributed by atoms with Crippen LogP contribution in [-0.2, 0) is 13.1 Å². The Morgan fingerprint density at radius 3 is 3.00 bits per heavy atom. The molecule has 0 atom stereocenters. The Balaban J connectivity index is 1.66. The summed E-state index contributed by atoms with van der Waals surface area (Å²) in [7, 11) is 0. The van der Waals surface area contributed by atoms with Gasteiger partial charge in [-0.3, -0.25) is 4.79 Å². The van der Waals surface area contributed by atoms with E-state index in [-0.39, 0.29) is 12.5 Å². The number of anilines is 2. The van der Waals surface area contributed by atoms with E-state index in [0.717, 1.165) is 5.56 Å². The van der Waals surface area contributed by atoms with Crippen LogP contribution in [0.3, 0.4) is 0 Å². The Hall–Kier alpha value is -3.29. The minimum absolute atomic E-state index is 0.100. The van der Waals surface area contributed by atoms with Crippen molar-refractivity contribution in [2.24, 2.45) is 0 Å². The third kappa shape index (κ3) is 2.82. The molecule has 1 aliphatic heterocycles. The van der Waals surface area contributed by atoms with Crippen LogP contribution in [0.2, 0.25) is 0 Å². The topological polar surface area (TPSA) is 84.7 Å². The molecule has 0 spiro atoms. The summed E-state index contributed by atoms with van der Waals surface area (Å²) in [6, 6.07) is 11.1. The molecule has 0 saturated heterocycles. The zero-order valence-electron chi connectivity index (χ0n) is 13.2. The number of hydrogen-bond donors (Lipinski definition) is 2. The first kappa shape index (κ1) is 15.3. The molecule has 25 heavy (non-hydrogen) atoms. The number of hydrogen-bond acceptors (Lipinski definition) is 5. The lowest BCUT2D eigenvalue weighted by Gasteiger charge is -2.10. The first-order valence-corrected chi connectivity index (χ1v) is 7.84. The fourth-order valence-electron chi connectivity index (χ4n) is 2.86. The number of amides is 1. The number of carbonyl (C=O) groups excluding carboxylic acids is 1. The van der Waals surface area contributed by atoms with Gasteiger partial charge in [-0.2, -0.15) is 0 Å². The molecule has 3 aromatic rings. The number of pyridine rings is 1. The van der Waals surface area contributed by atoms with Gasteiger partial charge in [0.15, 0.2) is 5.82 Å². The number of benzene rings is 1. The maximum Gasteiger partial charge on any atom is 0.254 e. The van der Waals surface area contributed by atoms with Crippen molar-refractivity contribution >= 4 is 17.4 Å². The van der Waals surface area contributed by atoms with Crippen molar-refractivity contribution in [3.63, 3.8) is 0 Å².